The van der Waals surface area contributed by atoms with Gasteiger partial charge < -0.3 is 24.3 Å². The zero-order chi connectivity index (χ0) is 22.8. The van der Waals surface area contributed by atoms with Gasteiger partial charge in [-0.25, -0.2) is 9.59 Å². The summed E-state index contributed by atoms with van der Waals surface area (Å²) in [6, 6.07) is 14.6. The van der Waals surface area contributed by atoms with E-state index in [4.69, 9.17) is 19.4 Å². The topological polar surface area (TPSA) is 100 Å². The van der Waals surface area contributed by atoms with Crippen LogP contribution in [0.15, 0.2) is 71.6 Å². The Morgan fingerprint density at radius 2 is 1.77 bits per heavy atom. The number of aryl methyl sites for hydroxylation is 1. The van der Waals surface area contributed by atoms with Gasteiger partial charge in [0.05, 0.1) is 12.5 Å². The van der Waals surface area contributed by atoms with Gasteiger partial charge in [-0.3, -0.25) is 0 Å². The molecule has 1 aromatic heterocycles. The number of carboxylic acids is 2. The maximum Gasteiger partial charge on any atom is 0.328 e. The molecule has 164 valence electrons. The Labute approximate surface area is 181 Å². The number of aliphatic carboxylic acids is 2. The van der Waals surface area contributed by atoms with Gasteiger partial charge in [-0.2, -0.15) is 0 Å². The average molecular weight is 425 g/mol. The molecular weight excluding hydrogens is 398 g/mol. The molecule has 0 aliphatic rings. The minimum Gasteiger partial charge on any atom is -0.486 e. The standard InChI is InChI=1S/C20H23NO2.C4H4O4/c1-15-12-18(13-16-6-4-5-7-19(15)16)23-20(8-10-21(2)3)17-9-11-22-14-17;5-3(6)1-2-4(7)8/h4-7,9,11-14,20H,8,10H2,1-3H3;1-2H,(H,5,6)(H,7,8)/b;2-1-. The molecule has 0 aliphatic heterocycles. The summed E-state index contributed by atoms with van der Waals surface area (Å²) in [6.07, 6.45) is 5.50. The number of furan rings is 1. The lowest BCUT2D eigenvalue weighted by molar-refractivity contribution is -0.134. The average Bonchev–Trinajstić information content (AvgIpc) is 3.25. The smallest absolute Gasteiger partial charge is 0.328 e. The lowest BCUT2D eigenvalue weighted by Crippen LogP contribution is -2.18. The van der Waals surface area contributed by atoms with Crippen molar-refractivity contribution >= 4 is 22.7 Å². The first kappa shape index (κ1) is 23.7. The Bertz CT molecular complexity index is 1010. The second kappa shape index (κ2) is 11.6. The van der Waals surface area contributed by atoms with E-state index < -0.39 is 11.9 Å². The first-order valence-corrected chi connectivity index (χ1v) is 9.73. The first-order chi connectivity index (χ1) is 14.8. The molecule has 0 saturated heterocycles. The van der Waals surface area contributed by atoms with E-state index >= 15 is 0 Å². The number of fused-ring (bicyclic) bond motifs is 1. The highest BCUT2D eigenvalue weighted by atomic mass is 16.5. The van der Waals surface area contributed by atoms with Crippen LogP contribution in [-0.4, -0.2) is 47.7 Å². The minimum absolute atomic E-state index is 0.00304. The molecule has 7 heteroatoms. The predicted octanol–water partition coefficient (Wildman–Crippen LogP) is 4.52. The monoisotopic (exact) mass is 425 g/mol. The fourth-order valence-corrected chi connectivity index (χ4v) is 2.97. The number of hydrogen-bond acceptors (Lipinski definition) is 5. The summed E-state index contributed by atoms with van der Waals surface area (Å²) in [5.41, 5.74) is 2.31. The number of benzene rings is 2. The lowest BCUT2D eigenvalue weighted by Gasteiger charge is -2.21. The van der Waals surface area contributed by atoms with Crippen molar-refractivity contribution in [3.8, 4) is 5.75 Å². The summed E-state index contributed by atoms with van der Waals surface area (Å²) in [7, 11) is 4.15. The Balaban J connectivity index is 0.000000366. The van der Waals surface area contributed by atoms with Gasteiger partial charge >= 0.3 is 11.9 Å². The van der Waals surface area contributed by atoms with Crippen LogP contribution in [0.1, 0.15) is 23.7 Å². The first-order valence-electron chi connectivity index (χ1n) is 9.73. The molecule has 31 heavy (non-hydrogen) atoms. The summed E-state index contributed by atoms with van der Waals surface area (Å²) in [5.74, 6) is -1.61. The highest BCUT2D eigenvalue weighted by Crippen LogP contribution is 2.30. The molecule has 3 aromatic rings. The van der Waals surface area contributed by atoms with Crippen molar-refractivity contribution in [3.05, 3.63) is 78.3 Å². The highest BCUT2D eigenvalue weighted by Gasteiger charge is 2.16. The van der Waals surface area contributed by atoms with Crippen LogP contribution in [0.25, 0.3) is 10.8 Å². The molecule has 0 amide bonds. The van der Waals surface area contributed by atoms with E-state index in [9.17, 15) is 9.59 Å². The van der Waals surface area contributed by atoms with E-state index in [-0.39, 0.29) is 6.10 Å². The molecule has 2 N–H and O–H groups in total. The van der Waals surface area contributed by atoms with Gasteiger partial charge in [0.15, 0.2) is 0 Å². The number of carboxylic acid groups (broad SMARTS) is 2. The zero-order valence-electron chi connectivity index (χ0n) is 17.8. The molecule has 0 spiro atoms. The van der Waals surface area contributed by atoms with Crippen molar-refractivity contribution in [2.24, 2.45) is 0 Å². The molecule has 0 fully saturated rings. The van der Waals surface area contributed by atoms with Crippen molar-refractivity contribution in [2.45, 2.75) is 19.4 Å². The second-order valence-electron chi connectivity index (χ2n) is 7.23. The normalized spacial score (nSPS) is 11.9. The lowest BCUT2D eigenvalue weighted by atomic mass is 10.0. The molecular formula is C24H27NO6. The summed E-state index contributed by atoms with van der Waals surface area (Å²) in [4.78, 5) is 21.3. The Morgan fingerprint density at radius 3 is 2.35 bits per heavy atom. The number of nitrogens with zero attached hydrogens (tertiary/aromatic N) is 1. The van der Waals surface area contributed by atoms with Crippen LogP contribution in [0, 0.1) is 6.92 Å². The number of ether oxygens (including phenoxy) is 1. The SMILES string of the molecule is Cc1cc(OC(CCN(C)C)c2ccoc2)cc2ccccc12.O=C(O)/C=C\C(=O)O. The fourth-order valence-electron chi connectivity index (χ4n) is 2.97. The number of rotatable bonds is 8. The summed E-state index contributed by atoms with van der Waals surface area (Å²) >= 11 is 0. The van der Waals surface area contributed by atoms with Crippen molar-refractivity contribution in [3.63, 3.8) is 0 Å². The highest BCUT2D eigenvalue weighted by molar-refractivity contribution is 5.89. The van der Waals surface area contributed by atoms with Gasteiger partial charge in [-0.1, -0.05) is 24.3 Å². The van der Waals surface area contributed by atoms with Crippen molar-refractivity contribution < 1.29 is 29.0 Å². The van der Waals surface area contributed by atoms with Crippen LogP contribution >= 0.6 is 0 Å². The third-order valence-corrected chi connectivity index (χ3v) is 4.44. The summed E-state index contributed by atoms with van der Waals surface area (Å²) < 4.78 is 11.6. The molecule has 1 atom stereocenters. The van der Waals surface area contributed by atoms with Gasteiger partial charge in [0, 0.05) is 30.7 Å². The van der Waals surface area contributed by atoms with Crippen molar-refractivity contribution in [1.82, 2.24) is 4.90 Å². The van der Waals surface area contributed by atoms with E-state index in [1.165, 1.54) is 16.3 Å². The van der Waals surface area contributed by atoms with Gasteiger partial charge in [-0.05, 0) is 55.6 Å². The van der Waals surface area contributed by atoms with Gasteiger partial charge in [-0.15, -0.1) is 0 Å². The number of hydrogen-bond donors (Lipinski definition) is 2. The zero-order valence-corrected chi connectivity index (χ0v) is 17.8. The van der Waals surface area contributed by atoms with E-state index in [0.717, 1.165) is 24.3 Å². The van der Waals surface area contributed by atoms with Gasteiger partial charge in [0.2, 0.25) is 0 Å². The van der Waals surface area contributed by atoms with Crippen LogP contribution in [-0.2, 0) is 9.59 Å². The quantitative estimate of drug-likeness (QED) is 0.512. The molecule has 7 nitrogen and oxygen atoms in total. The molecule has 1 heterocycles. The number of carbonyl (C=O) groups is 2. The Morgan fingerprint density at radius 1 is 1.10 bits per heavy atom. The van der Waals surface area contributed by atoms with Gasteiger partial charge in [0.1, 0.15) is 11.9 Å². The van der Waals surface area contributed by atoms with Gasteiger partial charge in [0.25, 0.3) is 0 Å². The largest absolute Gasteiger partial charge is 0.486 e. The van der Waals surface area contributed by atoms with Crippen LogP contribution in [0.5, 0.6) is 5.75 Å². The molecule has 0 aliphatic carbocycles. The fraction of sp³-hybridized carbons (Fsp3) is 0.250. The second-order valence-corrected chi connectivity index (χ2v) is 7.23. The van der Waals surface area contributed by atoms with E-state index in [2.05, 4.69) is 62.3 Å². The Kier molecular flexibility index (Phi) is 8.84. The molecule has 0 radical (unpaired) electrons. The molecule has 0 saturated carbocycles. The van der Waals surface area contributed by atoms with E-state index in [1.807, 2.05) is 6.07 Å². The van der Waals surface area contributed by atoms with Crippen LogP contribution < -0.4 is 4.74 Å². The van der Waals surface area contributed by atoms with Crippen LogP contribution in [0.2, 0.25) is 0 Å². The summed E-state index contributed by atoms with van der Waals surface area (Å²) in [6.45, 7) is 3.09. The van der Waals surface area contributed by atoms with Crippen LogP contribution in [0.4, 0.5) is 0 Å². The third-order valence-electron chi connectivity index (χ3n) is 4.44. The van der Waals surface area contributed by atoms with Crippen molar-refractivity contribution in [2.75, 3.05) is 20.6 Å². The molecule has 3 rings (SSSR count). The minimum atomic E-state index is -1.26. The molecule has 1 unspecified atom stereocenters. The van der Waals surface area contributed by atoms with E-state index in [1.54, 1.807) is 12.5 Å². The summed E-state index contributed by atoms with van der Waals surface area (Å²) in [5, 5.41) is 18.1. The van der Waals surface area contributed by atoms with E-state index in [0.29, 0.717) is 12.2 Å². The third kappa shape index (κ3) is 7.98. The predicted molar refractivity (Wildman–Crippen MR) is 118 cm³/mol. The molecule has 0 bridgehead atoms. The van der Waals surface area contributed by atoms with Crippen LogP contribution in [0.3, 0.4) is 0 Å². The maximum atomic E-state index is 9.55. The maximum absolute atomic E-state index is 9.55. The van der Waals surface area contributed by atoms with Crippen molar-refractivity contribution in [1.29, 1.82) is 0 Å². The Hall–Kier alpha value is -3.58. The molecule has 2 aromatic carbocycles.